The molecule has 5 rings (SSSR count). The largest absolute Gasteiger partial charge is 0.468 e. The first-order valence-electron chi connectivity index (χ1n) is 12.9. The molecule has 2 aliphatic rings. The lowest BCUT2D eigenvalue weighted by molar-refractivity contribution is -0.141. The fourth-order valence-electron chi connectivity index (χ4n) is 5.83. The van der Waals surface area contributed by atoms with E-state index < -0.39 is 56.9 Å². The Morgan fingerprint density at radius 2 is 1.45 bits per heavy atom. The van der Waals surface area contributed by atoms with Crippen molar-refractivity contribution in [2.75, 3.05) is 14.2 Å². The molecule has 0 spiro atoms. The van der Waals surface area contributed by atoms with E-state index in [0.29, 0.717) is 0 Å². The fraction of sp³-hybridized carbons (Fsp3) is 0.290. The Bertz CT molecular complexity index is 1490. The summed E-state index contributed by atoms with van der Waals surface area (Å²) in [7, 11) is -1.60. The number of rotatable bonds is 8. The molecule has 1 aliphatic carbocycles. The van der Waals surface area contributed by atoms with Crippen molar-refractivity contribution in [3.63, 3.8) is 0 Å². The van der Waals surface area contributed by atoms with Crippen molar-refractivity contribution in [1.29, 1.82) is 0 Å². The van der Waals surface area contributed by atoms with E-state index in [0.717, 1.165) is 18.2 Å². The van der Waals surface area contributed by atoms with Gasteiger partial charge in [-0.05, 0) is 30.2 Å². The Morgan fingerprint density at radius 1 is 0.900 bits per heavy atom. The first-order chi connectivity index (χ1) is 19.2. The van der Waals surface area contributed by atoms with Crippen molar-refractivity contribution in [2.45, 2.75) is 40.9 Å². The highest BCUT2D eigenvalue weighted by Gasteiger charge is 2.59. The normalized spacial score (nSPS) is 26.9. The first kappa shape index (κ1) is 27.6. The van der Waals surface area contributed by atoms with Crippen molar-refractivity contribution >= 4 is 21.9 Å². The smallest absolute Gasteiger partial charge is 0.411 e. The highest BCUT2D eigenvalue weighted by molar-refractivity contribution is 7.92. The number of esters is 1. The van der Waals surface area contributed by atoms with Crippen molar-refractivity contribution < 1.29 is 32.2 Å². The van der Waals surface area contributed by atoms with Gasteiger partial charge in [0.1, 0.15) is 11.6 Å². The van der Waals surface area contributed by atoms with Crippen LogP contribution in [0.25, 0.3) is 0 Å². The summed E-state index contributed by atoms with van der Waals surface area (Å²) in [6, 6.07) is 25.0. The van der Waals surface area contributed by atoms with E-state index in [9.17, 15) is 18.0 Å². The predicted molar refractivity (Wildman–Crippen MR) is 148 cm³/mol. The zero-order chi connectivity index (χ0) is 28.5. The number of hydrogen-bond donors (Lipinski definition) is 0. The van der Waals surface area contributed by atoms with Gasteiger partial charge in [-0.25, -0.2) is 13.2 Å². The molecule has 208 valence electrons. The van der Waals surface area contributed by atoms with Crippen LogP contribution in [0.1, 0.15) is 30.2 Å². The van der Waals surface area contributed by atoms with Crippen LogP contribution in [0, 0.1) is 5.92 Å². The Morgan fingerprint density at radius 3 is 2.00 bits per heavy atom. The number of methoxy groups -OCH3 is 2. The van der Waals surface area contributed by atoms with E-state index in [4.69, 9.17) is 14.2 Å². The van der Waals surface area contributed by atoms with Crippen molar-refractivity contribution in [3.8, 4) is 0 Å². The van der Waals surface area contributed by atoms with Crippen LogP contribution in [-0.2, 0) is 28.8 Å². The highest BCUT2D eigenvalue weighted by Crippen LogP contribution is 2.50. The molecule has 40 heavy (non-hydrogen) atoms. The number of benzene rings is 3. The fourth-order valence-corrected chi connectivity index (χ4v) is 7.66. The van der Waals surface area contributed by atoms with Gasteiger partial charge in [0.25, 0.3) is 0 Å². The molecule has 0 bridgehead atoms. The van der Waals surface area contributed by atoms with E-state index in [2.05, 4.69) is 0 Å². The molecule has 1 amide bonds. The second-order valence-electron chi connectivity index (χ2n) is 10.0. The molecule has 3 aromatic carbocycles. The van der Waals surface area contributed by atoms with E-state index in [-0.39, 0.29) is 4.90 Å². The molecule has 0 N–H and O–H groups in total. The molecule has 9 heteroatoms. The van der Waals surface area contributed by atoms with Crippen LogP contribution >= 0.6 is 0 Å². The van der Waals surface area contributed by atoms with Gasteiger partial charge < -0.3 is 14.2 Å². The number of hydrogen-bond acceptors (Lipinski definition) is 7. The maximum Gasteiger partial charge on any atom is 0.411 e. The summed E-state index contributed by atoms with van der Waals surface area (Å²) in [5, 5.41) is -1.64. The van der Waals surface area contributed by atoms with Gasteiger partial charge in [-0.15, -0.1) is 0 Å². The second-order valence-corrected chi connectivity index (χ2v) is 12.1. The molecule has 6 atom stereocenters. The molecule has 1 unspecified atom stereocenters. The zero-order valence-electron chi connectivity index (χ0n) is 22.4. The third-order valence-corrected chi connectivity index (χ3v) is 9.93. The van der Waals surface area contributed by atoms with Crippen molar-refractivity contribution in [2.24, 2.45) is 5.92 Å². The maximum atomic E-state index is 14.0. The summed E-state index contributed by atoms with van der Waals surface area (Å²) in [6.07, 6.45) is 2.04. The summed E-state index contributed by atoms with van der Waals surface area (Å²) in [5.41, 5.74) is 0.447. The lowest BCUT2D eigenvalue weighted by Crippen LogP contribution is -2.57. The maximum absolute atomic E-state index is 14.0. The number of carbonyl (C=O) groups is 2. The summed E-state index contributed by atoms with van der Waals surface area (Å²) in [4.78, 5) is 28.6. The molecular weight excluding hydrogens is 530 g/mol. The van der Waals surface area contributed by atoms with Crippen LogP contribution in [0.4, 0.5) is 4.79 Å². The molecule has 1 heterocycles. The topological polar surface area (TPSA) is 99.2 Å². The summed E-state index contributed by atoms with van der Waals surface area (Å²) < 4.78 is 44.9. The number of carbonyl (C=O) groups excluding carboxylic acids is 2. The number of amides is 1. The monoisotopic (exact) mass is 561 g/mol. The average molecular weight is 562 g/mol. The summed E-state index contributed by atoms with van der Waals surface area (Å²) in [6.45, 7) is 1.77. The van der Waals surface area contributed by atoms with Gasteiger partial charge in [-0.2, -0.15) is 0 Å². The van der Waals surface area contributed by atoms with E-state index in [1.165, 1.54) is 24.1 Å². The van der Waals surface area contributed by atoms with Crippen LogP contribution < -0.4 is 0 Å². The van der Waals surface area contributed by atoms with E-state index >= 15 is 0 Å². The van der Waals surface area contributed by atoms with E-state index in [1.54, 1.807) is 37.3 Å². The molecule has 1 fully saturated rings. The molecule has 1 aliphatic heterocycles. The van der Waals surface area contributed by atoms with Crippen molar-refractivity contribution in [1.82, 2.24) is 4.90 Å². The minimum absolute atomic E-state index is 0.0191. The standard InChI is InChI=1S/C31H31NO7S/c1-31(38-3)20-19-24(27(29(33)37-2)40(35,36)23-17-11-6-12-18-23)28(31)32-25(21-13-7-4-8-14-21)26(39-30(32)34)22-15-9-5-10-16-22/h4-20,24-28H,1-3H3/t24-,25-,26+,27?,28-,31-/m1/s1. The van der Waals surface area contributed by atoms with Crippen LogP contribution in [-0.4, -0.2) is 56.5 Å². The average Bonchev–Trinajstić information content (AvgIpc) is 3.50. The van der Waals surface area contributed by atoms with Crippen LogP contribution in [0.5, 0.6) is 0 Å². The Labute approximate surface area is 234 Å². The molecule has 3 aromatic rings. The molecular formula is C31H31NO7S. The molecule has 1 saturated heterocycles. The number of ether oxygens (including phenoxy) is 3. The van der Waals surface area contributed by atoms with Gasteiger partial charge in [-0.3, -0.25) is 9.69 Å². The predicted octanol–water partition coefficient (Wildman–Crippen LogP) is 4.90. The number of cyclic esters (lactones) is 1. The molecule has 8 nitrogen and oxygen atoms in total. The van der Waals surface area contributed by atoms with Crippen molar-refractivity contribution in [3.05, 3.63) is 114 Å². The SMILES string of the molecule is COC(=O)C([C@H]1C=C[C@@](C)(OC)[C@@H]1N1C(=O)O[C@@H](c2ccccc2)[C@H]1c1ccccc1)S(=O)(=O)c1ccccc1. The summed E-state index contributed by atoms with van der Waals surface area (Å²) >= 11 is 0. The van der Waals surface area contributed by atoms with Gasteiger partial charge in [0, 0.05) is 13.0 Å². The Balaban J connectivity index is 1.68. The van der Waals surface area contributed by atoms with Gasteiger partial charge in [0.05, 0.1) is 18.0 Å². The minimum atomic E-state index is -4.24. The minimum Gasteiger partial charge on any atom is -0.468 e. The molecule has 0 radical (unpaired) electrons. The second kappa shape index (κ2) is 10.9. The third-order valence-electron chi connectivity index (χ3n) is 7.82. The lowest BCUT2D eigenvalue weighted by atomic mass is 9.86. The highest BCUT2D eigenvalue weighted by atomic mass is 32.2. The first-order valence-corrected chi connectivity index (χ1v) is 14.5. The lowest BCUT2D eigenvalue weighted by Gasteiger charge is -2.42. The van der Waals surface area contributed by atoms with E-state index in [1.807, 2.05) is 60.7 Å². The van der Waals surface area contributed by atoms with Gasteiger partial charge >= 0.3 is 12.1 Å². The van der Waals surface area contributed by atoms with Crippen LogP contribution in [0.3, 0.4) is 0 Å². The van der Waals surface area contributed by atoms with Crippen LogP contribution in [0.2, 0.25) is 0 Å². The zero-order valence-corrected chi connectivity index (χ0v) is 23.2. The molecule has 0 saturated carbocycles. The van der Waals surface area contributed by atoms with Gasteiger partial charge in [0.2, 0.25) is 0 Å². The summed E-state index contributed by atoms with van der Waals surface area (Å²) in [5.74, 6) is -1.93. The Hall–Kier alpha value is -3.95. The number of nitrogens with zero attached hydrogens (tertiary/aromatic N) is 1. The van der Waals surface area contributed by atoms with Gasteiger partial charge in [0.15, 0.2) is 21.2 Å². The molecule has 0 aromatic heterocycles. The number of sulfone groups is 1. The quantitative estimate of drug-likeness (QED) is 0.285. The third kappa shape index (κ3) is 4.69. The Kier molecular flexibility index (Phi) is 7.53. The van der Waals surface area contributed by atoms with Gasteiger partial charge in [-0.1, -0.05) is 91.0 Å². The van der Waals surface area contributed by atoms with Crippen LogP contribution in [0.15, 0.2) is 108 Å².